The zero-order valence-electron chi connectivity index (χ0n) is 12.4. The standard InChI is InChI=1S/C16H17ClN2O2S/c1-10-5-6-12(13(17)8-10)15(20)19-11(2)9-18-16(21)14-4-3-7-22-14/h3-8,11H,9H2,1-2H3,(H,18,21)(H,19,20). The van der Waals surface area contributed by atoms with Crippen LogP contribution in [0.5, 0.6) is 0 Å². The van der Waals surface area contributed by atoms with Crippen molar-refractivity contribution in [2.24, 2.45) is 0 Å². The molecule has 2 amide bonds. The molecule has 0 fully saturated rings. The van der Waals surface area contributed by atoms with E-state index in [2.05, 4.69) is 10.6 Å². The Morgan fingerprint density at radius 1 is 1.27 bits per heavy atom. The fraction of sp³-hybridized carbons (Fsp3) is 0.250. The molecule has 0 saturated heterocycles. The summed E-state index contributed by atoms with van der Waals surface area (Å²) in [6.45, 7) is 4.09. The lowest BCUT2D eigenvalue weighted by molar-refractivity contribution is 0.0914. The van der Waals surface area contributed by atoms with Crippen LogP contribution in [0, 0.1) is 6.92 Å². The van der Waals surface area contributed by atoms with E-state index in [1.165, 1.54) is 11.3 Å². The van der Waals surface area contributed by atoms with Crippen LogP contribution in [-0.2, 0) is 0 Å². The molecule has 0 aliphatic rings. The number of halogens is 1. The Hall–Kier alpha value is -1.85. The van der Waals surface area contributed by atoms with Crippen LogP contribution in [0.1, 0.15) is 32.5 Å². The van der Waals surface area contributed by atoms with Gasteiger partial charge in [-0.05, 0) is 43.0 Å². The number of amides is 2. The molecule has 4 nitrogen and oxygen atoms in total. The Balaban J connectivity index is 1.87. The summed E-state index contributed by atoms with van der Waals surface area (Å²) in [7, 11) is 0. The van der Waals surface area contributed by atoms with Crippen LogP contribution in [0.4, 0.5) is 0 Å². The highest BCUT2D eigenvalue weighted by Gasteiger charge is 2.14. The number of thiophene rings is 1. The first-order valence-electron chi connectivity index (χ1n) is 6.86. The second-order valence-corrected chi connectivity index (χ2v) is 6.40. The molecule has 0 aliphatic carbocycles. The van der Waals surface area contributed by atoms with Crippen LogP contribution >= 0.6 is 22.9 Å². The van der Waals surface area contributed by atoms with Crippen LogP contribution in [0.25, 0.3) is 0 Å². The van der Waals surface area contributed by atoms with Crippen molar-refractivity contribution in [1.29, 1.82) is 0 Å². The lowest BCUT2D eigenvalue weighted by Crippen LogP contribution is -2.41. The smallest absolute Gasteiger partial charge is 0.261 e. The van der Waals surface area contributed by atoms with Crippen LogP contribution in [0.2, 0.25) is 5.02 Å². The molecule has 116 valence electrons. The molecule has 6 heteroatoms. The fourth-order valence-corrected chi connectivity index (χ4v) is 2.86. The highest BCUT2D eigenvalue weighted by molar-refractivity contribution is 7.12. The predicted octanol–water partition coefficient (Wildman–Crippen LogP) is 3.26. The molecule has 22 heavy (non-hydrogen) atoms. The summed E-state index contributed by atoms with van der Waals surface area (Å²) in [4.78, 5) is 24.6. The van der Waals surface area contributed by atoms with Gasteiger partial charge in [-0.3, -0.25) is 9.59 Å². The molecule has 0 bridgehead atoms. The number of benzene rings is 1. The molecule has 0 saturated carbocycles. The maximum atomic E-state index is 12.2. The quantitative estimate of drug-likeness (QED) is 0.880. The molecule has 2 aromatic rings. The van der Waals surface area contributed by atoms with Gasteiger partial charge in [0.15, 0.2) is 0 Å². The maximum Gasteiger partial charge on any atom is 0.261 e. The molecule has 1 heterocycles. The van der Waals surface area contributed by atoms with Gasteiger partial charge in [0.2, 0.25) is 0 Å². The maximum absolute atomic E-state index is 12.2. The van der Waals surface area contributed by atoms with Gasteiger partial charge < -0.3 is 10.6 Å². The summed E-state index contributed by atoms with van der Waals surface area (Å²) in [5.74, 6) is -0.382. The molecule has 1 aromatic carbocycles. The van der Waals surface area contributed by atoms with E-state index in [-0.39, 0.29) is 17.9 Å². The average molecular weight is 337 g/mol. The van der Waals surface area contributed by atoms with Crippen molar-refractivity contribution in [1.82, 2.24) is 10.6 Å². The lowest BCUT2D eigenvalue weighted by Gasteiger charge is -2.15. The van der Waals surface area contributed by atoms with Gasteiger partial charge in [0.05, 0.1) is 15.5 Å². The molecule has 1 atom stereocenters. The van der Waals surface area contributed by atoms with Crippen LogP contribution in [0.3, 0.4) is 0 Å². The summed E-state index contributed by atoms with van der Waals surface area (Å²) in [6.07, 6.45) is 0. The van der Waals surface area contributed by atoms with E-state index in [1.54, 1.807) is 18.2 Å². The normalized spacial score (nSPS) is 11.8. The van der Waals surface area contributed by atoms with Gasteiger partial charge >= 0.3 is 0 Å². The van der Waals surface area contributed by atoms with Gasteiger partial charge in [-0.2, -0.15) is 0 Å². The van der Waals surface area contributed by atoms with Crippen molar-refractivity contribution in [3.63, 3.8) is 0 Å². The summed E-state index contributed by atoms with van der Waals surface area (Å²) in [6, 6.07) is 8.67. The molecular weight excluding hydrogens is 320 g/mol. The van der Waals surface area contributed by atoms with Crippen molar-refractivity contribution in [2.45, 2.75) is 19.9 Å². The minimum Gasteiger partial charge on any atom is -0.349 e. The topological polar surface area (TPSA) is 58.2 Å². The van der Waals surface area contributed by atoms with E-state index in [1.807, 2.05) is 31.4 Å². The van der Waals surface area contributed by atoms with E-state index < -0.39 is 0 Å². The zero-order chi connectivity index (χ0) is 16.1. The monoisotopic (exact) mass is 336 g/mol. The first-order chi connectivity index (χ1) is 10.5. The van der Waals surface area contributed by atoms with Gasteiger partial charge in [0, 0.05) is 12.6 Å². The minimum atomic E-state index is -0.247. The molecule has 0 spiro atoms. The molecule has 0 aliphatic heterocycles. The van der Waals surface area contributed by atoms with E-state index in [0.29, 0.717) is 22.0 Å². The van der Waals surface area contributed by atoms with E-state index in [4.69, 9.17) is 11.6 Å². The van der Waals surface area contributed by atoms with Crippen LogP contribution in [-0.4, -0.2) is 24.4 Å². The number of rotatable bonds is 5. The molecule has 1 aromatic heterocycles. The van der Waals surface area contributed by atoms with E-state index >= 15 is 0 Å². The third-order valence-electron chi connectivity index (χ3n) is 3.06. The third kappa shape index (κ3) is 4.32. The Labute approximate surface area is 138 Å². The largest absolute Gasteiger partial charge is 0.349 e. The van der Waals surface area contributed by atoms with Crippen molar-refractivity contribution >= 4 is 34.8 Å². The number of hydrogen-bond acceptors (Lipinski definition) is 3. The summed E-state index contributed by atoms with van der Waals surface area (Å²) < 4.78 is 0. The highest BCUT2D eigenvalue weighted by Crippen LogP contribution is 2.17. The number of aryl methyl sites for hydroxylation is 1. The van der Waals surface area contributed by atoms with E-state index in [9.17, 15) is 9.59 Å². The van der Waals surface area contributed by atoms with Gasteiger partial charge in [0.1, 0.15) is 0 Å². The molecule has 2 rings (SSSR count). The number of carbonyl (C=O) groups is 2. The van der Waals surface area contributed by atoms with Gasteiger partial charge in [-0.15, -0.1) is 11.3 Å². The summed E-state index contributed by atoms with van der Waals surface area (Å²) >= 11 is 7.45. The molecule has 0 radical (unpaired) electrons. The molecule has 1 unspecified atom stereocenters. The average Bonchev–Trinajstić information content (AvgIpc) is 2.98. The number of hydrogen-bond donors (Lipinski definition) is 2. The van der Waals surface area contributed by atoms with Crippen molar-refractivity contribution < 1.29 is 9.59 Å². The van der Waals surface area contributed by atoms with Crippen molar-refractivity contribution in [3.8, 4) is 0 Å². The first kappa shape index (κ1) is 16.5. The second-order valence-electron chi connectivity index (χ2n) is 5.05. The highest BCUT2D eigenvalue weighted by atomic mass is 35.5. The zero-order valence-corrected chi connectivity index (χ0v) is 13.9. The molecular formula is C16H17ClN2O2S. The number of carbonyl (C=O) groups excluding carboxylic acids is 2. The fourth-order valence-electron chi connectivity index (χ4n) is 1.90. The lowest BCUT2D eigenvalue weighted by atomic mass is 10.1. The van der Waals surface area contributed by atoms with Crippen molar-refractivity contribution in [3.05, 3.63) is 56.7 Å². The van der Waals surface area contributed by atoms with Crippen LogP contribution < -0.4 is 10.6 Å². The number of nitrogens with one attached hydrogen (secondary N) is 2. The molecule has 2 N–H and O–H groups in total. The van der Waals surface area contributed by atoms with Crippen molar-refractivity contribution in [2.75, 3.05) is 6.54 Å². The summed E-state index contributed by atoms with van der Waals surface area (Å²) in [5.41, 5.74) is 1.43. The predicted molar refractivity (Wildman–Crippen MR) is 89.8 cm³/mol. The first-order valence-corrected chi connectivity index (χ1v) is 8.12. The van der Waals surface area contributed by atoms with Gasteiger partial charge in [0.25, 0.3) is 11.8 Å². The van der Waals surface area contributed by atoms with Gasteiger partial charge in [-0.25, -0.2) is 0 Å². The van der Waals surface area contributed by atoms with E-state index in [0.717, 1.165) is 5.56 Å². The Bertz CT molecular complexity index is 671. The second kappa shape index (κ2) is 7.42. The van der Waals surface area contributed by atoms with Gasteiger partial charge in [-0.1, -0.05) is 23.7 Å². The Kier molecular flexibility index (Phi) is 5.57. The minimum absolute atomic E-state index is 0.135. The van der Waals surface area contributed by atoms with Crippen LogP contribution in [0.15, 0.2) is 35.7 Å². The SMILES string of the molecule is Cc1ccc(C(=O)NC(C)CNC(=O)c2cccs2)c(Cl)c1. The summed E-state index contributed by atoms with van der Waals surface area (Å²) in [5, 5.41) is 7.88. The Morgan fingerprint density at radius 2 is 2.05 bits per heavy atom. The third-order valence-corrected chi connectivity index (χ3v) is 4.24. The Morgan fingerprint density at radius 3 is 2.68 bits per heavy atom.